The molecule has 0 aromatic heterocycles. The van der Waals surface area contributed by atoms with Gasteiger partial charge in [0, 0.05) is 11.2 Å². The molecule has 4 heteroatoms. The third-order valence-corrected chi connectivity index (χ3v) is 5.57. The summed E-state index contributed by atoms with van der Waals surface area (Å²) in [7, 11) is -2.94. The number of benzene rings is 1. The van der Waals surface area contributed by atoms with Crippen LogP contribution in [-0.2, 0) is 9.84 Å². The van der Waals surface area contributed by atoms with Gasteiger partial charge in [0.25, 0.3) is 0 Å². The predicted octanol–water partition coefficient (Wildman–Crippen LogP) is 3.77. The summed E-state index contributed by atoms with van der Waals surface area (Å²) in [4.78, 5) is 0. The van der Waals surface area contributed by atoms with E-state index >= 15 is 0 Å². The minimum Gasteiger partial charge on any atom is -0.229 e. The van der Waals surface area contributed by atoms with Crippen molar-refractivity contribution in [1.82, 2.24) is 0 Å². The summed E-state index contributed by atoms with van der Waals surface area (Å²) in [5, 5.41) is 0.685. The fourth-order valence-electron chi connectivity index (χ4n) is 1.92. The molecule has 1 atom stereocenters. The molecule has 0 radical (unpaired) electrons. The fraction of sp³-hybridized carbons (Fsp3) is 0.571. The van der Waals surface area contributed by atoms with Gasteiger partial charge in [-0.2, -0.15) is 0 Å². The van der Waals surface area contributed by atoms with E-state index in [1.165, 1.54) is 0 Å². The van der Waals surface area contributed by atoms with Crippen molar-refractivity contribution in [3.05, 3.63) is 35.9 Å². The summed E-state index contributed by atoms with van der Waals surface area (Å²) in [6.07, 6.45) is 2.82. The third-order valence-electron chi connectivity index (χ3n) is 2.97. The third kappa shape index (κ3) is 5.53. The Balaban J connectivity index is 2.63. The lowest BCUT2D eigenvalue weighted by atomic mass is 10.0. The molecular weight excluding hydrogens is 312 g/mol. The highest BCUT2D eigenvalue weighted by atomic mass is 79.9. The molecule has 102 valence electrons. The largest absolute Gasteiger partial charge is 0.229 e. The summed E-state index contributed by atoms with van der Waals surface area (Å²) in [5.74, 6) is 0.612. The van der Waals surface area contributed by atoms with Gasteiger partial charge in [0.1, 0.15) is 0 Å². The van der Waals surface area contributed by atoms with Crippen molar-refractivity contribution in [2.45, 2.75) is 32.1 Å². The number of hydrogen-bond acceptors (Lipinski definition) is 2. The fourth-order valence-corrected chi connectivity index (χ4v) is 4.56. The van der Waals surface area contributed by atoms with Crippen LogP contribution in [0.25, 0.3) is 0 Å². The Morgan fingerprint density at radius 1 is 1.17 bits per heavy atom. The molecule has 1 aromatic carbocycles. The van der Waals surface area contributed by atoms with Gasteiger partial charge in [-0.15, -0.1) is 0 Å². The van der Waals surface area contributed by atoms with Crippen LogP contribution in [0.1, 0.15) is 37.7 Å². The van der Waals surface area contributed by atoms with Gasteiger partial charge in [-0.05, 0) is 12.0 Å². The monoisotopic (exact) mass is 332 g/mol. The molecule has 18 heavy (non-hydrogen) atoms. The number of sulfone groups is 1. The minimum absolute atomic E-state index is 0.0535. The van der Waals surface area contributed by atoms with E-state index in [0.29, 0.717) is 11.1 Å². The molecule has 0 bridgehead atoms. The first-order valence-corrected chi connectivity index (χ1v) is 9.34. The highest BCUT2D eigenvalue weighted by molar-refractivity contribution is 9.09. The van der Waals surface area contributed by atoms with Crippen LogP contribution < -0.4 is 0 Å². The molecule has 2 nitrogen and oxygen atoms in total. The minimum atomic E-state index is -2.94. The molecule has 0 fully saturated rings. The zero-order valence-electron chi connectivity index (χ0n) is 10.8. The average Bonchev–Trinajstić information content (AvgIpc) is 2.37. The van der Waals surface area contributed by atoms with E-state index < -0.39 is 9.84 Å². The number of alkyl halides is 1. The van der Waals surface area contributed by atoms with Crippen LogP contribution in [0.5, 0.6) is 0 Å². The van der Waals surface area contributed by atoms with E-state index in [4.69, 9.17) is 0 Å². The molecule has 0 amide bonds. The molecule has 1 rings (SSSR count). The van der Waals surface area contributed by atoms with Crippen LogP contribution in [0.15, 0.2) is 30.3 Å². The van der Waals surface area contributed by atoms with Gasteiger partial charge < -0.3 is 0 Å². The molecule has 1 aromatic rings. The number of halogens is 1. The molecule has 0 aliphatic rings. The lowest BCUT2D eigenvalue weighted by molar-refractivity contribution is 0.586. The maximum Gasteiger partial charge on any atom is 0.150 e. The first-order chi connectivity index (χ1) is 8.59. The highest BCUT2D eigenvalue weighted by Crippen LogP contribution is 2.20. The number of hydrogen-bond donors (Lipinski definition) is 0. The van der Waals surface area contributed by atoms with Crippen molar-refractivity contribution in [2.75, 3.05) is 16.8 Å². The van der Waals surface area contributed by atoms with Gasteiger partial charge in [-0.1, -0.05) is 66.0 Å². The summed E-state index contributed by atoms with van der Waals surface area (Å²) in [6, 6.07) is 9.84. The SMILES string of the molecule is CCCCCS(=O)(=O)CC(CBr)c1ccccc1. The van der Waals surface area contributed by atoms with Crippen LogP contribution in [-0.4, -0.2) is 25.3 Å². The Morgan fingerprint density at radius 2 is 1.83 bits per heavy atom. The lowest BCUT2D eigenvalue weighted by Crippen LogP contribution is -2.18. The normalized spacial score (nSPS) is 13.4. The van der Waals surface area contributed by atoms with Crippen molar-refractivity contribution < 1.29 is 8.42 Å². The van der Waals surface area contributed by atoms with Crippen molar-refractivity contribution in [3.8, 4) is 0 Å². The Bertz CT molecular complexity index is 428. The zero-order valence-corrected chi connectivity index (χ0v) is 13.2. The summed E-state index contributed by atoms with van der Waals surface area (Å²) in [5.41, 5.74) is 1.09. The van der Waals surface area contributed by atoms with Gasteiger partial charge in [-0.3, -0.25) is 0 Å². The summed E-state index contributed by atoms with van der Waals surface area (Å²) >= 11 is 3.42. The van der Waals surface area contributed by atoms with E-state index in [1.54, 1.807) is 0 Å². The Morgan fingerprint density at radius 3 is 2.39 bits per heavy atom. The second-order valence-electron chi connectivity index (χ2n) is 4.58. The topological polar surface area (TPSA) is 34.1 Å². The van der Waals surface area contributed by atoms with Gasteiger partial charge >= 0.3 is 0 Å². The molecule has 0 spiro atoms. The van der Waals surface area contributed by atoms with Gasteiger partial charge in [0.15, 0.2) is 9.84 Å². The van der Waals surface area contributed by atoms with Crippen LogP contribution in [0.4, 0.5) is 0 Å². The first kappa shape index (κ1) is 15.7. The van der Waals surface area contributed by atoms with Crippen LogP contribution in [0.3, 0.4) is 0 Å². The summed E-state index contributed by atoms with van der Waals surface area (Å²) < 4.78 is 24.1. The smallest absolute Gasteiger partial charge is 0.150 e. The van der Waals surface area contributed by atoms with Crippen molar-refractivity contribution >= 4 is 25.8 Å². The van der Waals surface area contributed by atoms with E-state index in [2.05, 4.69) is 22.9 Å². The van der Waals surface area contributed by atoms with Gasteiger partial charge in [-0.25, -0.2) is 8.42 Å². The first-order valence-electron chi connectivity index (χ1n) is 6.40. The predicted molar refractivity (Wildman–Crippen MR) is 81.2 cm³/mol. The van der Waals surface area contributed by atoms with Crippen LogP contribution in [0.2, 0.25) is 0 Å². The molecule has 1 unspecified atom stereocenters. The molecule has 0 N–H and O–H groups in total. The van der Waals surface area contributed by atoms with Gasteiger partial charge in [0.2, 0.25) is 0 Å². The van der Waals surface area contributed by atoms with Crippen molar-refractivity contribution in [2.24, 2.45) is 0 Å². The molecule has 0 heterocycles. The Labute approximate surface area is 119 Å². The molecule has 0 saturated carbocycles. The second-order valence-corrected chi connectivity index (χ2v) is 7.46. The average molecular weight is 333 g/mol. The summed E-state index contributed by atoms with van der Waals surface area (Å²) in [6.45, 7) is 2.08. The maximum atomic E-state index is 12.0. The lowest BCUT2D eigenvalue weighted by Gasteiger charge is -2.14. The molecular formula is C14H21BrO2S. The van der Waals surface area contributed by atoms with Crippen LogP contribution >= 0.6 is 15.9 Å². The van der Waals surface area contributed by atoms with Crippen molar-refractivity contribution in [1.29, 1.82) is 0 Å². The zero-order chi connectivity index (χ0) is 13.4. The van der Waals surface area contributed by atoms with E-state index in [0.717, 1.165) is 24.8 Å². The molecule has 0 aliphatic heterocycles. The second kappa shape index (κ2) is 7.95. The Kier molecular flexibility index (Phi) is 6.94. The van der Waals surface area contributed by atoms with Crippen molar-refractivity contribution in [3.63, 3.8) is 0 Å². The Hall–Kier alpha value is -0.350. The standard InChI is InChI=1S/C14H21BrO2S/c1-2-3-7-10-18(16,17)12-14(11-15)13-8-5-4-6-9-13/h4-6,8-9,14H,2-3,7,10-12H2,1H3. The van der Waals surface area contributed by atoms with E-state index in [1.807, 2.05) is 30.3 Å². The number of rotatable bonds is 8. The molecule has 0 saturated heterocycles. The van der Waals surface area contributed by atoms with Gasteiger partial charge in [0.05, 0.1) is 11.5 Å². The van der Waals surface area contributed by atoms with Crippen LogP contribution in [0, 0.1) is 0 Å². The number of unbranched alkanes of at least 4 members (excludes halogenated alkanes) is 2. The highest BCUT2D eigenvalue weighted by Gasteiger charge is 2.19. The molecule has 0 aliphatic carbocycles. The maximum absolute atomic E-state index is 12.0. The van der Waals surface area contributed by atoms with E-state index in [9.17, 15) is 8.42 Å². The quantitative estimate of drug-likeness (QED) is 0.536. The van der Waals surface area contributed by atoms with E-state index in [-0.39, 0.29) is 11.7 Å².